The Labute approximate surface area is 100.0 Å². The number of nitrogens with one attached hydrogen (secondary N) is 1. The summed E-state index contributed by atoms with van der Waals surface area (Å²) in [6, 6.07) is 3.24. The summed E-state index contributed by atoms with van der Waals surface area (Å²) in [6.45, 7) is 2.55. The van der Waals surface area contributed by atoms with E-state index in [2.05, 4.69) is 10.3 Å². The first-order valence-electron chi connectivity index (χ1n) is 5.05. The third kappa shape index (κ3) is 4.16. The van der Waals surface area contributed by atoms with E-state index in [1.54, 1.807) is 19.2 Å². The van der Waals surface area contributed by atoms with Crippen molar-refractivity contribution in [1.82, 2.24) is 10.3 Å². The highest BCUT2D eigenvalue weighted by atomic mass is 35.5. The van der Waals surface area contributed by atoms with Gasteiger partial charge in [-0.25, -0.2) is 4.98 Å². The van der Waals surface area contributed by atoms with Crippen molar-refractivity contribution in [3.8, 4) is 0 Å². The fraction of sp³-hybridized carbons (Fsp3) is 0.455. The maximum Gasteiger partial charge on any atom is 0.251 e. The SMILES string of the molecule is COCCC(C)NC(=O)c1ccnc(Cl)c1. The molecule has 0 fully saturated rings. The number of amides is 1. The maximum atomic E-state index is 11.7. The van der Waals surface area contributed by atoms with Crippen LogP contribution in [0.3, 0.4) is 0 Å². The first-order valence-corrected chi connectivity index (χ1v) is 5.42. The number of ether oxygens (including phenoxy) is 1. The summed E-state index contributed by atoms with van der Waals surface area (Å²) in [5.41, 5.74) is 0.518. The molecule has 16 heavy (non-hydrogen) atoms. The Morgan fingerprint density at radius 3 is 3.06 bits per heavy atom. The van der Waals surface area contributed by atoms with Gasteiger partial charge in [-0.3, -0.25) is 4.79 Å². The summed E-state index contributed by atoms with van der Waals surface area (Å²) in [5, 5.41) is 3.17. The van der Waals surface area contributed by atoms with Crippen LogP contribution in [0.25, 0.3) is 0 Å². The van der Waals surface area contributed by atoms with Crippen LogP contribution in [0.4, 0.5) is 0 Å². The number of hydrogen-bond donors (Lipinski definition) is 1. The van der Waals surface area contributed by atoms with Gasteiger partial charge < -0.3 is 10.1 Å². The molecule has 1 aromatic rings. The average molecular weight is 243 g/mol. The lowest BCUT2D eigenvalue weighted by Gasteiger charge is -2.13. The number of carbonyl (C=O) groups is 1. The molecule has 0 saturated carbocycles. The number of methoxy groups -OCH3 is 1. The van der Waals surface area contributed by atoms with Gasteiger partial charge in [-0.15, -0.1) is 0 Å². The highest BCUT2D eigenvalue weighted by molar-refractivity contribution is 6.29. The zero-order valence-electron chi connectivity index (χ0n) is 9.37. The number of nitrogens with zero attached hydrogens (tertiary/aromatic N) is 1. The van der Waals surface area contributed by atoms with Crippen LogP contribution in [0.15, 0.2) is 18.3 Å². The van der Waals surface area contributed by atoms with E-state index in [-0.39, 0.29) is 11.9 Å². The van der Waals surface area contributed by atoms with Gasteiger partial charge in [-0.1, -0.05) is 11.6 Å². The van der Waals surface area contributed by atoms with Crippen LogP contribution in [0.2, 0.25) is 5.15 Å². The molecule has 1 rings (SSSR count). The minimum absolute atomic E-state index is 0.0689. The van der Waals surface area contributed by atoms with E-state index in [0.29, 0.717) is 17.3 Å². The largest absolute Gasteiger partial charge is 0.385 e. The van der Waals surface area contributed by atoms with Crippen LogP contribution in [-0.2, 0) is 4.74 Å². The zero-order chi connectivity index (χ0) is 12.0. The molecular weight excluding hydrogens is 228 g/mol. The van der Waals surface area contributed by atoms with Gasteiger partial charge in [0.25, 0.3) is 5.91 Å². The van der Waals surface area contributed by atoms with Crippen LogP contribution in [0.1, 0.15) is 23.7 Å². The second kappa shape index (κ2) is 6.45. The monoisotopic (exact) mass is 242 g/mol. The molecule has 1 unspecified atom stereocenters. The van der Waals surface area contributed by atoms with Crippen LogP contribution < -0.4 is 5.32 Å². The molecule has 1 heterocycles. The molecule has 5 heteroatoms. The van der Waals surface area contributed by atoms with Gasteiger partial charge in [0.05, 0.1) is 0 Å². The molecule has 0 bridgehead atoms. The molecule has 0 radical (unpaired) electrons. The number of carbonyl (C=O) groups excluding carboxylic acids is 1. The Bertz CT molecular complexity index is 358. The van der Waals surface area contributed by atoms with Crippen LogP contribution in [-0.4, -0.2) is 30.6 Å². The molecule has 1 N–H and O–H groups in total. The summed E-state index contributed by atoms with van der Waals surface area (Å²) in [6.07, 6.45) is 2.29. The molecule has 0 spiro atoms. The van der Waals surface area contributed by atoms with E-state index < -0.39 is 0 Å². The number of rotatable bonds is 5. The quantitative estimate of drug-likeness (QED) is 0.803. The van der Waals surface area contributed by atoms with E-state index in [4.69, 9.17) is 16.3 Å². The van der Waals surface area contributed by atoms with Crippen molar-refractivity contribution in [3.05, 3.63) is 29.0 Å². The number of halogens is 1. The fourth-order valence-corrected chi connectivity index (χ4v) is 1.39. The van der Waals surface area contributed by atoms with Crippen molar-refractivity contribution in [2.45, 2.75) is 19.4 Å². The van der Waals surface area contributed by atoms with Gasteiger partial charge in [0.1, 0.15) is 5.15 Å². The van der Waals surface area contributed by atoms with Crippen molar-refractivity contribution >= 4 is 17.5 Å². The van der Waals surface area contributed by atoms with Crippen molar-refractivity contribution in [2.24, 2.45) is 0 Å². The third-order valence-electron chi connectivity index (χ3n) is 2.12. The lowest BCUT2D eigenvalue weighted by Crippen LogP contribution is -2.33. The average Bonchev–Trinajstić information content (AvgIpc) is 2.26. The van der Waals surface area contributed by atoms with E-state index in [9.17, 15) is 4.79 Å². The highest BCUT2D eigenvalue weighted by Gasteiger charge is 2.09. The molecule has 4 nitrogen and oxygen atoms in total. The molecular formula is C11H15ClN2O2. The summed E-state index contributed by atoms with van der Waals surface area (Å²) < 4.78 is 4.94. The predicted octanol–water partition coefficient (Wildman–Crippen LogP) is 1.89. The van der Waals surface area contributed by atoms with Gasteiger partial charge in [0, 0.05) is 31.5 Å². The summed E-state index contributed by atoms with van der Waals surface area (Å²) in [4.78, 5) is 15.5. The lowest BCUT2D eigenvalue weighted by molar-refractivity contribution is 0.0929. The van der Waals surface area contributed by atoms with Crippen molar-refractivity contribution < 1.29 is 9.53 Å². The Morgan fingerprint density at radius 1 is 1.69 bits per heavy atom. The molecule has 88 valence electrons. The van der Waals surface area contributed by atoms with E-state index >= 15 is 0 Å². The van der Waals surface area contributed by atoms with Crippen molar-refractivity contribution in [2.75, 3.05) is 13.7 Å². The first kappa shape index (κ1) is 12.9. The normalized spacial score (nSPS) is 12.2. The molecule has 0 aliphatic rings. The maximum absolute atomic E-state index is 11.7. The molecule has 1 aromatic heterocycles. The highest BCUT2D eigenvalue weighted by Crippen LogP contribution is 2.07. The van der Waals surface area contributed by atoms with Crippen LogP contribution in [0.5, 0.6) is 0 Å². The van der Waals surface area contributed by atoms with Crippen LogP contribution in [0, 0.1) is 0 Å². The third-order valence-corrected chi connectivity index (χ3v) is 2.33. The second-order valence-electron chi connectivity index (χ2n) is 3.52. The molecule has 0 aliphatic carbocycles. The number of aromatic nitrogens is 1. The number of hydrogen-bond acceptors (Lipinski definition) is 3. The Morgan fingerprint density at radius 2 is 2.44 bits per heavy atom. The molecule has 1 atom stereocenters. The van der Waals surface area contributed by atoms with Gasteiger partial charge in [-0.05, 0) is 25.5 Å². The minimum Gasteiger partial charge on any atom is -0.385 e. The van der Waals surface area contributed by atoms with E-state index in [0.717, 1.165) is 6.42 Å². The number of pyridine rings is 1. The fourth-order valence-electron chi connectivity index (χ4n) is 1.22. The minimum atomic E-state index is -0.145. The van der Waals surface area contributed by atoms with Gasteiger partial charge >= 0.3 is 0 Å². The molecule has 1 amide bonds. The summed E-state index contributed by atoms with van der Waals surface area (Å²) in [7, 11) is 1.64. The topological polar surface area (TPSA) is 51.2 Å². The van der Waals surface area contributed by atoms with Crippen molar-refractivity contribution in [3.63, 3.8) is 0 Å². The Balaban J connectivity index is 2.52. The zero-order valence-corrected chi connectivity index (χ0v) is 10.1. The second-order valence-corrected chi connectivity index (χ2v) is 3.91. The van der Waals surface area contributed by atoms with Crippen molar-refractivity contribution in [1.29, 1.82) is 0 Å². The van der Waals surface area contributed by atoms with Gasteiger partial charge in [-0.2, -0.15) is 0 Å². The summed E-state index contributed by atoms with van der Waals surface area (Å²) >= 11 is 5.70. The van der Waals surface area contributed by atoms with E-state index in [1.807, 2.05) is 6.92 Å². The van der Waals surface area contributed by atoms with Gasteiger partial charge in [0.2, 0.25) is 0 Å². The smallest absolute Gasteiger partial charge is 0.251 e. The summed E-state index contributed by atoms with van der Waals surface area (Å²) in [5.74, 6) is -0.145. The molecule has 0 aromatic carbocycles. The Kier molecular flexibility index (Phi) is 5.22. The standard InChI is InChI=1S/C11H15ClN2O2/c1-8(4-6-16-2)14-11(15)9-3-5-13-10(12)7-9/h3,5,7-8H,4,6H2,1-2H3,(H,14,15). The van der Waals surface area contributed by atoms with Gasteiger partial charge in [0.15, 0.2) is 0 Å². The lowest BCUT2D eigenvalue weighted by atomic mass is 10.2. The Hall–Kier alpha value is -1.13. The van der Waals surface area contributed by atoms with Crippen LogP contribution >= 0.6 is 11.6 Å². The van der Waals surface area contributed by atoms with E-state index in [1.165, 1.54) is 6.20 Å². The predicted molar refractivity (Wildman–Crippen MR) is 62.7 cm³/mol. The first-order chi connectivity index (χ1) is 7.63. The molecule has 0 aliphatic heterocycles. The molecule has 0 saturated heterocycles.